The van der Waals surface area contributed by atoms with E-state index in [1.165, 1.54) is 0 Å². The number of alkyl halides is 2. The van der Waals surface area contributed by atoms with Crippen LogP contribution in [-0.2, 0) is 4.43 Å². The third kappa shape index (κ3) is 5.39. The van der Waals surface area contributed by atoms with Gasteiger partial charge in [-0.05, 0) is 24.6 Å². The molecule has 0 aliphatic heterocycles. The van der Waals surface area contributed by atoms with Crippen molar-refractivity contribution in [1.29, 1.82) is 0 Å². The fourth-order valence-electron chi connectivity index (χ4n) is 1.07. The maximum absolute atomic E-state index is 6.23. The molecular weight excluding hydrogens is 259 g/mol. The van der Waals surface area contributed by atoms with E-state index in [0.717, 1.165) is 12.8 Å². The lowest BCUT2D eigenvalue weighted by molar-refractivity contribution is 0.282. The molecule has 0 aliphatic rings. The van der Waals surface area contributed by atoms with Crippen LogP contribution in [-0.4, -0.2) is 25.7 Å². The highest BCUT2D eigenvalue weighted by Gasteiger charge is 2.37. The Morgan fingerprint density at radius 1 is 1.12 bits per heavy atom. The van der Waals surface area contributed by atoms with Crippen molar-refractivity contribution in [3.05, 3.63) is 0 Å². The molecule has 0 aromatic heterocycles. The molecule has 0 amide bonds. The van der Waals surface area contributed by atoms with Crippen molar-refractivity contribution in [2.75, 3.05) is 6.61 Å². The Balaban J connectivity index is 4.14. The number of hydrogen-bond acceptors (Lipinski definition) is 1. The van der Waals surface area contributed by atoms with Crippen molar-refractivity contribution >= 4 is 31.5 Å². The van der Waals surface area contributed by atoms with Crippen LogP contribution in [0.3, 0.4) is 0 Å². The van der Waals surface area contributed by atoms with Gasteiger partial charge in [0.25, 0.3) is 0 Å². The topological polar surface area (TPSA) is 9.23 Å². The molecule has 0 saturated carbocycles. The highest BCUT2D eigenvalue weighted by molar-refractivity contribution is 6.74. The van der Waals surface area contributed by atoms with Gasteiger partial charge in [0.1, 0.15) is 0 Å². The Kier molecular flexibility index (Phi) is 6.94. The first-order valence-corrected chi connectivity index (χ1v) is 9.82. The summed E-state index contributed by atoms with van der Waals surface area (Å²) >= 11 is 12.4. The van der Waals surface area contributed by atoms with E-state index in [0.29, 0.717) is 6.61 Å². The van der Waals surface area contributed by atoms with Crippen LogP contribution >= 0.6 is 23.2 Å². The van der Waals surface area contributed by atoms with E-state index in [4.69, 9.17) is 27.6 Å². The molecule has 0 aliphatic carbocycles. The van der Waals surface area contributed by atoms with Crippen LogP contribution in [0, 0.1) is 0 Å². The first kappa shape index (κ1) is 16.8. The van der Waals surface area contributed by atoms with E-state index >= 15 is 0 Å². The van der Waals surface area contributed by atoms with Crippen molar-refractivity contribution < 1.29 is 4.43 Å². The Hall–Kier alpha value is 0.757. The summed E-state index contributed by atoms with van der Waals surface area (Å²) in [6.45, 7) is 13.9. The molecule has 0 aromatic carbocycles. The summed E-state index contributed by atoms with van der Waals surface area (Å²) < 4.78 is 6.05. The largest absolute Gasteiger partial charge is 0.415 e. The molecule has 0 aromatic rings. The van der Waals surface area contributed by atoms with E-state index in [9.17, 15) is 0 Å². The van der Waals surface area contributed by atoms with Gasteiger partial charge in [-0.25, -0.2) is 0 Å². The SMILES string of the molecule is CCC[C@@H](Cl)[C@@H](Cl)CO[Si](C)(C)C(C)(C)C. The summed E-state index contributed by atoms with van der Waals surface area (Å²) in [6.07, 6.45) is 2.02. The predicted octanol–water partition coefficient (Wildman–Crippen LogP) is 5.02. The quantitative estimate of drug-likeness (QED) is 0.491. The minimum atomic E-state index is -1.68. The molecule has 0 heterocycles. The fraction of sp³-hybridized carbons (Fsp3) is 1.00. The lowest BCUT2D eigenvalue weighted by Crippen LogP contribution is -2.43. The normalized spacial score (nSPS) is 17.2. The molecule has 1 nitrogen and oxygen atoms in total. The van der Waals surface area contributed by atoms with Crippen LogP contribution < -0.4 is 0 Å². The van der Waals surface area contributed by atoms with Crippen molar-refractivity contribution in [2.24, 2.45) is 0 Å². The maximum atomic E-state index is 6.23. The van der Waals surface area contributed by atoms with Gasteiger partial charge in [-0.15, -0.1) is 23.2 Å². The summed E-state index contributed by atoms with van der Waals surface area (Å²) in [4.78, 5) is 0. The second kappa shape index (κ2) is 6.63. The van der Waals surface area contributed by atoms with Gasteiger partial charge < -0.3 is 4.43 Å². The molecule has 0 radical (unpaired) electrons. The first-order valence-electron chi connectivity index (χ1n) is 6.04. The monoisotopic (exact) mass is 284 g/mol. The van der Waals surface area contributed by atoms with Crippen LogP contribution in [0.15, 0.2) is 0 Å². The zero-order chi connectivity index (χ0) is 13.0. The van der Waals surface area contributed by atoms with Crippen molar-refractivity contribution in [3.8, 4) is 0 Å². The molecule has 0 unspecified atom stereocenters. The average molecular weight is 285 g/mol. The Labute approximate surface area is 112 Å². The molecule has 2 atom stereocenters. The van der Waals surface area contributed by atoms with E-state index < -0.39 is 8.32 Å². The highest BCUT2D eigenvalue weighted by atomic mass is 35.5. The zero-order valence-corrected chi connectivity index (χ0v) is 14.0. The molecule has 0 N–H and O–H groups in total. The van der Waals surface area contributed by atoms with E-state index in [-0.39, 0.29) is 15.8 Å². The molecular formula is C12H26Cl2OSi. The molecule has 0 spiro atoms. The highest BCUT2D eigenvalue weighted by Crippen LogP contribution is 2.37. The number of rotatable bonds is 6. The molecule has 4 heteroatoms. The summed E-state index contributed by atoms with van der Waals surface area (Å²) in [6, 6.07) is 0. The zero-order valence-electron chi connectivity index (χ0n) is 11.4. The van der Waals surface area contributed by atoms with Crippen molar-refractivity contribution in [2.45, 2.75) is 69.4 Å². The molecule has 98 valence electrons. The van der Waals surface area contributed by atoms with Gasteiger partial charge in [-0.3, -0.25) is 0 Å². The van der Waals surface area contributed by atoms with E-state index in [1.807, 2.05) is 0 Å². The van der Waals surface area contributed by atoms with Crippen molar-refractivity contribution in [3.63, 3.8) is 0 Å². The minimum Gasteiger partial charge on any atom is -0.415 e. The van der Waals surface area contributed by atoms with E-state index in [1.54, 1.807) is 0 Å². The molecule has 0 fully saturated rings. The van der Waals surface area contributed by atoms with Crippen LogP contribution in [0.2, 0.25) is 18.1 Å². The average Bonchev–Trinajstić information content (AvgIpc) is 2.12. The van der Waals surface area contributed by atoms with Crippen LogP contribution in [0.4, 0.5) is 0 Å². The van der Waals surface area contributed by atoms with Gasteiger partial charge in [-0.2, -0.15) is 0 Å². The van der Waals surface area contributed by atoms with Gasteiger partial charge in [0, 0.05) is 0 Å². The predicted molar refractivity (Wildman–Crippen MR) is 77.3 cm³/mol. The van der Waals surface area contributed by atoms with Gasteiger partial charge >= 0.3 is 0 Å². The van der Waals surface area contributed by atoms with Crippen LogP contribution in [0.1, 0.15) is 40.5 Å². The molecule has 0 saturated heterocycles. The van der Waals surface area contributed by atoms with Gasteiger partial charge in [-0.1, -0.05) is 34.1 Å². The molecule has 16 heavy (non-hydrogen) atoms. The van der Waals surface area contributed by atoms with Gasteiger partial charge in [0.2, 0.25) is 0 Å². The van der Waals surface area contributed by atoms with Crippen LogP contribution in [0.25, 0.3) is 0 Å². The van der Waals surface area contributed by atoms with Crippen molar-refractivity contribution in [1.82, 2.24) is 0 Å². The summed E-state index contributed by atoms with van der Waals surface area (Å²) in [7, 11) is -1.68. The number of hydrogen-bond donors (Lipinski definition) is 0. The third-order valence-corrected chi connectivity index (χ3v) is 8.95. The van der Waals surface area contributed by atoms with E-state index in [2.05, 4.69) is 40.8 Å². The number of halogens is 2. The Morgan fingerprint density at radius 2 is 1.62 bits per heavy atom. The maximum Gasteiger partial charge on any atom is 0.192 e. The third-order valence-electron chi connectivity index (χ3n) is 3.37. The lowest BCUT2D eigenvalue weighted by Gasteiger charge is -2.37. The van der Waals surface area contributed by atoms with Gasteiger partial charge in [0.15, 0.2) is 8.32 Å². The summed E-state index contributed by atoms with van der Waals surface area (Å²) in [5, 5.41) is 0.183. The lowest BCUT2D eigenvalue weighted by atomic mass is 10.2. The second-order valence-corrected chi connectivity index (χ2v) is 11.8. The first-order chi connectivity index (χ1) is 7.12. The standard InChI is InChI=1S/C12H26Cl2OSi/c1-7-8-10(13)11(14)9-15-16(5,6)12(2,3)4/h10-11H,7-9H2,1-6H3/t10-,11+/m1/s1. The summed E-state index contributed by atoms with van der Waals surface area (Å²) in [5.41, 5.74) is 0. The summed E-state index contributed by atoms with van der Waals surface area (Å²) in [5.74, 6) is 0. The fourth-order valence-corrected chi connectivity index (χ4v) is 2.68. The molecule has 0 rings (SSSR count). The smallest absolute Gasteiger partial charge is 0.192 e. The van der Waals surface area contributed by atoms with Gasteiger partial charge in [0.05, 0.1) is 17.4 Å². The minimum absolute atomic E-state index is 0.0245. The Morgan fingerprint density at radius 3 is 2.00 bits per heavy atom. The van der Waals surface area contributed by atoms with Crippen LogP contribution in [0.5, 0.6) is 0 Å². The Bertz CT molecular complexity index is 202. The molecule has 0 bridgehead atoms. The second-order valence-electron chi connectivity index (χ2n) is 5.89.